The van der Waals surface area contributed by atoms with Gasteiger partial charge in [0.15, 0.2) is 0 Å². The normalized spacial score (nSPS) is 10.3. The number of rotatable bonds is 16. The highest BCUT2D eigenvalue weighted by molar-refractivity contribution is 7.78. The molecule has 0 bridgehead atoms. The largest absolute Gasteiger partial charge is 0.426 e. The van der Waals surface area contributed by atoms with E-state index in [1.807, 2.05) is 12.1 Å². The summed E-state index contributed by atoms with van der Waals surface area (Å²) < 4.78 is 15.6. The Morgan fingerprint density at radius 1 is 1.00 bits per heavy atom. The van der Waals surface area contributed by atoms with Crippen LogP contribution in [0.25, 0.3) is 0 Å². The van der Waals surface area contributed by atoms with E-state index >= 15 is 0 Å². The highest BCUT2D eigenvalue weighted by Crippen LogP contribution is 2.14. The van der Waals surface area contributed by atoms with Crippen LogP contribution in [-0.4, -0.2) is 68.6 Å². The summed E-state index contributed by atoms with van der Waals surface area (Å²) in [6, 6.07) is 7.07. The Balaban J connectivity index is 2.18. The number of thiocarbonyl (C=S) groups is 1. The van der Waals surface area contributed by atoms with Gasteiger partial charge in [0.05, 0.1) is 44.9 Å². The van der Waals surface area contributed by atoms with Gasteiger partial charge < -0.3 is 30.0 Å². The van der Waals surface area contributed by atoms with Crippen LogP contribution in [0.2, 0.25) is 0 Å². The molecule has 0 aromatic heterocycles. The maximum Gasteiger partial charge on any atom is 0.313 e. The molecule has 0 radical (unpaired) electrons. The number of esters is 1. The van der Waals surface area contributed by atoms with Gasteiger partial charge in [-0.15, -0.1) is 0 Å². The lowest BCUT2D eigenvalue weighted by Gasteiger charge is -2.07. The smallest absolute Gasteiger partial charge is 0.313 e. The Bertz CT molecular complexity index is 582. The van der Waals surface area contributed by atoms with E-state index in [1.54, 1.807) is 12.1 Å². The number of aryl methyl sites for hydroxylation is 1. The zero-order valence-electron chi connectivity index (χ0n) is 15.9. The molecule has 28 heavy (non-hydrogen) atoms. The topological polar surface area (TPSA) is 106 Å². The first kappa shape index (κ1) is 24.0. The van der Waals surface area contributed by atoms with Crippen LogP contribution < -0.4 is 15.4 Å². The maximum absolute atomic E-state index is 11.7. The van der Waals surface area contributed by atoms with Gasteiger partial charge in [0, 0.05) is 19.5 Å². The van der Waals surface area contributed by atoms with Crippen LogP contribution >= 0.6 is 12.2 Å². The number of hydrogen-bond acceptors (Lipinski definition) is 7. The fourth-order valence-corrected chi connectivity index (χ4v) is 2.25. The zero-order chi connectivity index (χ0) is 20.5. The highest BCUT2D eigenvalue weighted by Gasteiger charge is 2.06. The first-order valence-corrected chi connectivity index (χ1v) is 9.62. The van der Waals surface area contributed by atoms with E-state index in [0.29, 0.717) is 44.9 Å². The fourth-order valence-electron chi connectivity index (χ4n) is 2.13. The molecular formula is C19H28N2O6S. The second-order valence-electron chi connectivity index (χ2n) is 5.74. The van der Waals surface area contributed by atoms with Crippen molar-refractivity contribution >= 4 is 29.6 Å². The van der Waals surface area contributed by atoms with Crippen molar-refractivity contribution in [3.05, 3.63) is 29.8 Å². The first-order valence-electron chi connectivity index (χ1n) is 9.15. The molecule has 0 heterocycles. The van der Waals surface area contributed by atoms with Gasteiger partial charge in [-0.3, -0.25) is 9.59 Å². The van der Waals surface area contributed by atoms with Crippen molar-refractivity contribution in [3.63, 3.8) is 0 Å². The van der Waals surface area contributed by atoms with Gasteiger partial charge in [0.2, 0.25) is 5.91 Å². The minimum atomic E-state index is -0.363. The van der Waals surface area contributed by atoms with E-state index in [9.17, 15) is 9.59 Å². The number of hydrogen-bond donors (Lipinski definition) is 3. The Labute approximate surface area is 170 Å². The van der Waals surface area contributed by atoms with Gasteiger partial charge in [-0.2, -0.15) is 0 Å². The van der Waals surface area contributed by atoms with Crippen LogP contribution in [0.15, 0.2) is 24.3 Å². The molecule has 0 aliphatic heterocycles. The van der Waals surface area contributed by atoms with Crippen LogP contribution in [0, 0.1) is 0 Å². The van der Waals surface area contributed by atoms with Gasteiger partial charge >= 0.3 is 5.97 Å². The number of aliphatic hydroxyl groups excluding tert-OH is 1. The Morgan fingerprint density at radius 3 is 2.43 bits per heavy atom. The number of ether oxygens (including phenoxy) is 3. The molecule has 0 saturated carbocycles. The van der Waals surface area contributed by atoms with Crippen molar-refractivity contribution in [1.82, 2.24) is 10.6 Å². The molecule has 0 atom stereocenters. The molecule has 3 N–H and O–H groups in total. The second-order valence-corrected chi connectivity index (χ2v) is 5.97. The summed E-state index contributed by atoms with van der Waals surface area (Å²) in [5.74, 6) is 0.0313. The van der Waals surface area contributed by atoms with Crippen molar-refractivity contribution in [2.24, 2.45) is 0 Å². The Hall–Kier alpha value is -2.07. The van der Waals surface area contributed by atoms with Gasteiger partial charge in [-0.1, -0.05) is 24.4 Å². The second kappa shape index (κ2) is 15.9. The molecule has 9 heteroatoms. The van der Waals surface area contributed by atoms with E-state index in [1.165, 1.54) is 5.49 Å². The monoisotopic (exact) mass is 412 g/mol. The number of carbonyl (C=O) groups excluding carboxylic acids is 2. The van der Waals surface area contributed by atoms with E-state index < -0.39 is 0 Å². The molecule has 0 saturated heterocycles. The fraction of sp³-hybridized carbons (Fsp3) is 0.526. The van der Waals surface area contributed by atoms with Crippen molar-refractivity contribution in [2.45, 2.75) is 19.3 Å². The molecule has 0 fully saturated rings. The minimum Gasteiger partial charge on any atom is -0.426 e. The number of aliphatic hydroxyl groups is 1. The molecular weight excluding hydrogens is 384 g/mol. The number of benzene rings is 1. The zero-order valence-corrected chi connectivity index (χ0v) is 16.7. The van der Waals surface area contributed by atoms with Gasteiger partial charge in [0.1, 0.15) is 5.75 Å². The molecule has 8 nitrogen and oxygen atoms in total. The lowest BCUT2D eigenvalue weighted by Crippen LogP contribution is -2.27. The maximum atomic E-state index is 11.7. The van der Waals surface area contributed by atoms with Crippen LogP contribution in [-0.2, 0) is 25.5 Å². The van der Waals surface area contributed by atoms with Crippen LogP contribution in [0.1, 0.15) is 18.4 Å². The molecule has 1 aromatic carbocycles. The highest BCUT2D eigenvalue weighted by atomic mass is 32.1. The molecule has 0 unspecified atom stereocenters. The van der Waals surface area contributed by atoms with Crippen molar-refractivity contribution < 1.29 is 28.9 Å². The first-order chi connectivity index (χ1) is 13.7. The summed E-state index contributed by atoms with van der Waals surface area (Å²) in [6.45, 7) is 2.40. The van der Waals surface area contributed by atoms with Crippen molar-refractivity contribution in [2.75, 3.05) is 46.1 Å². The third kappa shape index (κ3) is 12.3. The van der Waals surface area contributed by atoms with Gasteiger partial charge in [-0.25, -0.2) is 0 Å². The average Bonchev–Trinajstić information content (AvgIpc) is 2.70. The number of nitrogens with one attached hydrogen (secondary N) is 2. The van der Waals surface area contributed by atoms with Crippen molar-refractivity contribution in [1.29, 1.82) is 0 Å². The lowest BCUT2D eigenvalue weighted by molar-refractivity contribution is -0.135. The van der Waals surface area contributed by atoms with E-state index in [2.05, 4.69) is 22.9 Å². The molecule has 1 aromatic rings. The van der Waals surface area contributed by atoms with E-state index in [4.69, 9.17) is 19.3 Å². The predicted octanol–water partition coefficient (Wildman–Crippen LogP) is 0.603. The molecule has 0 aliphatic rings. The average molecular weight is 413 g/mol. The summed E-state index contributed by atoms with van der Waals surface area (Å²) >= 11 is 4.62. The number of amides is 1. The predicted molar refractivity (Wildman–Crippen MR) is 108 cm³/mol. The van der Waals surface area contributed by atoms with Gasteiger partial charge in [0.25, 0.3) is 0 Å². The number of carbonyl (C=O) groups is 2. The molecule has 0 spiro atoms. The third-order valence-corrected chi connectivity index (χ3v) is 3.69. The lowest BCUT2D eigenvalue weighted by atomic mass is 10.1. The summed E-state index contributed by atoms with van der Waals surface area (Å²) in [7, 11) is 0. The molecule has 1 rings (SSSR count). The van der Waals surface area contributed by atoms with Crippen LogP contribution in [0.3, 0.4) is 0 Å². The Morgan fingerprint density at radius 2 is 1.71 bits per heavy atom. The Kier molecular flexibility index (Phi) is 13.6. The standard InChI is InChI=1S/C19H28N2O6S/c22-10-14-26-13-9-21-18(23)6-3-16-1-4-17(5-2-16)27-19(24)7-11-25-12-8-20-15-28/h1-2,4-5,15,22H,3,6-14H2,(H,20,28)(H,21,23). The summed E-state index contributed by atoms with van der Waals surface area (Å²) in [6.07, 6.45) is 1.11. The van der Waals surface area contributed by atoms with E-state index in [0.717, 1.165) is 5.56 Å². The molecule has 156 valence electrons. The van der Waals surface area contributed by atoms with Crippen molar-refractivity contribution in [3.8, 4) is 5.75 Å². The molecule has 0 aliphatic carbocycles. The summed E-state index contributed by atoms with van der Waals surface area (Å²) in [4.78, 5) is 23.5. The third-order valence-electron chi connectivity index (χ3n) is 3.52. The molecule has 1 amide bonds. The quantitative estimate of drug-likeness (QED) is 0.157. The van der Waals surface area contributed by atoms with Crippen LogP contribution in [0.5, 0.6) is 5.75 Å². The van der Waals surface area contributed by atoms with Crippen LogP contribution in [0.4, 0.5) is 0 Å². The van der Waals surface area contributed by atoms with E-state index in [-0.39, 0.29) is 38.1 Å². The SMILES string of the molecule is O=C(CCc1ccc(OC(=O)CCOCCNC=S)cc1)NCCOCCO. The summed E-state index contributed by atoms with van der Waals surface area (Å²) in [5, 5.41) is 14.1. The minimum absolute atomic E-state index is 0.0282. The van der Waals surface area contributed by atoms with Gasteiger partial charge in [-0.05, 0) is 24.1 Å². The summed E-state index contributed by atoms with van der Waals surface area (Å²) in [5.41, 5.74) is 2.39.